The maximum atomic E-state index is 10.6. The van der Waals surface area contributed by atoms with E-state index in [0.717, 1.165) is 6.42 Å². The molecular formula is C7H12N2O. The lowest BCUT2D eigenvalue weighted by Gasteiger charge is -2.18. The van der Waals surface area contributed by atoms with E-state index in [1.165, 1.54) is 0 Å². The van der Waals surface area contributed by atoms with E-state index in [4.69, 9.17) is 11.5 Å². The van der Waals surface area contributed by atoms with Crippen LogP contribution in [0.15, 0.2) is 12.2 Å². The average Bonchev–Trinajstić information content (AvgIpc) is 1.88. The Kier molecular flexibility index (Phi) is 2.06. The number of amides is 1. The van der Waals surface area contributed by atoms with E-state index in [0.29, 0.717) is 6.42 Å². The topological polar surface area (TPSA) is 69.1 Å². The van der Waals surface area contributed by atoms with E-state index in [1.54, 1.807) is 0 Å². The van der Waals surface area contributed by atoms with E-state index >= 15 is 0 Å². The zero-order valence-electron chi connectivity index (χ0n) is 5.79. The summed E-state index contributed by atoms with van der Waals surface area (Å²) in [7, 11) is 0. The molecule has 0 fully saturated rings. The molecule has 2 atom stereocenters. The molecule has 0 aromatic carbocycles. The second-order valence-electron chi connectivity index (χ2n) is 2.66. The summed E-state index contributed by atoms with van der Waals surface area (Å²) in [4.78, 5) is 10.6. The molecule has 0 heterocycles. The van der Waals surface area contributed by atoms with Crippen molar-refractivity contribution in [2.24, 2.45) is 17.4 Å². The molecule has 0 unspecified atom stereocenters. The molecule has 0 aromatic heterocycles. The summed E-state index contributed by atoms with van der Waals surface area (Å²) in [5.41, 5.74) is 10.7. The fraction of sp³-hybridized carbons (Fsp3) is 0.571. The number of primary amides is 1. The highest BCUT2D eigenvalue weighted by Gasteiger charge is 2.19. The third kappa shape index (κ3) is 1.57. The Balaban J connectivity index is 2.52. The summed E-state index contributed by atoms with van der Waals surface area (Å²) in [5, 5.41) is 0. The van der Waals surface area contributed by atoms with Crippen LogP contribution < -0.4 is 11.5 Å². The molecule has 3 nitrogen and oxygen atoms in total. The monoisotopic (exact) mass is 140 g/mol. The molecule has 0 saturated carbocycles. The summed E-state index contributed by atoms with van der Waals surface area (Å²) >= 11 is 0. The number of hydrogen-bond donors (Lipinski definition) is 2. The van der Waals surface area contributed by atoms with Crippen LogP contribution in [0.5, 0.6) is 0 Å². The lowest BCUT2D eigenvalue weighted by atomic mass is 9.91. The Morgan fingerprint density at radius 2 is 2.30 bits per heavy atom. The predicted octanol–water partition coefficient (Wildman–Crippen LogP) is -0.235. The van der Waals surface area contributed by atoms with Gasteiger partial charge in [-0.05, 0) is 12.8 Å². The van der Waals surface area contributed by atoms with Crippen LogP contribution in [0.25, 0.3) is 0 Å². The Labute approximate surface area is 60.1 Å². The van der Waals surface area contributed by atoms with Gasteiger partial charge in [-0.15, -0.1) is 0 Å². The lowest BCUT2D eigenvalue weighted by Crippen LogP contribution is -2.32. The first-order valence-electron chi connectivity index (χ1n) is 3.41. The maximum absolute atomic E-state index is 10.6. The third-order valence-electron chi connectivity index (χ3n) is 1.76. The van der Waals surface area contributed by atoms with E-state index in [1.807, 2.05) is 12.2 Å². The summed E-state index contributed by atoms with van der Waals surface area (Å²) in [5.74, 6) is -0.278. The second-order valence-corrected chi connectivity index (χ2v) is 2.66. The van der Waals surface area contributed by atoms with Crippen molar-refractivity contribution in [3.05, 3.63) is 12.2 Å². The average molecular weight is 140 g/mol. The summed E-state index contributed by atoms with van der Waals surface area (Å²) in [6.07, 6.45) is 5.29. The minimum atomic E-state index is -0.236. The van der Waals surface area contributed by atoms with Crippen LogP contribution in [0.2, 0.25) is 0 Å². The quantitative estimate of drug-likeness (QED) is 0.494. The number of hydrogen-bond acceptors (Lipinski definition) is 2. The molecule has 1 rings (SSSR count). The van der Waals surface area contributed by atoms with Gasteiger partial charge in [-0.1, -0.05) is 12.2 Å². The zero-order chi connectivity index (χ0) is 7.56. The SMILES string of the molecule is NC(=O)[C@@H]1CC=C[C@@H](N)C1. The molecule has 3 heteroatoms. The Morgan fingerprint density at radius 1 is 1.60 bits per heavy atom. The molecule has 10 heavy (non-hydrogen) atoms. The number of carbonyl (C=O) groups excluding carboxylic acids is 1. The van der Waals surface area contributed by atoms with Crippen LogP contribution >= 0.6 is 0 Å². The van der Waals surface area contributed by atoms with Gasteiger partial charge in [-0.3, -0.25) is 4.79 Å². The van der Waals surface area contributed by atoms with Crippen molar-refractivity contribution < 1.29 is 4.79 Å². The van der Waals surface area contributed by atoms with Gasteiger partial charge in [0.15, 0.2) is 0 Å². The second kappa shape index (κ2) is 2.84. The normalized spacial score (nSPS) is 32.1. The first-order chi connectivity index (χ1) is 4.70. The van der Waals surface area contributed by atoms with Gasteiger partial charge in [0.05, 0.1) is 0 Å². The van der Waals surface area contributed by atoms with E-state index in [2.05, 4.69) is 0 Å². The third-order valence-corrected chi connectivity index (χ3v) is 1.76. The lowest BCUT2D eigenvalue weighted by molar-refractivity contribution is -0.122. The van der Waals surface area contributed by atoms with Crippen molar-refractivity contribution in [2.75, 3.05) is 0 Å². The number of nitrogens with two attached hydrogens (primary N) is 2. The molecule has 4 N–H and O–H groups in total. The first-order valence-corrected chi connectivity index (χ1v) is 3.41. The highest BCUT2D eigenvalue weighted by Crippen LogP contribution is 2.16. The molecule has 56 valence electrons. The minimum absolute atomic E-state index is 0.0197. The van der Waals surface area contributed by atoms with E-state index in [-0.39, 0.29) is 17.9 Å². The van der Waals surface area contributed by atoms with Crippen LogP contribution in [-0.4, -0.2) is 11.9 Å². The van der Waals surface area contributed by atoms with Gasteiger partial charge >= 0.3 is 0 Å². The van der Waals surface area contributed by atoms with Crippen molar-refractivity contribution in [3.8, 4) is 0 Å². The number of carbonyl (C=O) groups is 1. The fourth-order valence-electron chi connectivity index (χ4n) is 1.15. The Hall–Kier alpha value is -0.830. The molecule has 0 saturated heterocycles. The maximum Gasteiger partial charge on any atom is 0.220 e. The van der Waals surface area contributed by atoms with Crippen LogP contribution in [0, 0.1) is 5.92 Å². The van der Waals surface area contributed by atoms with Gasteiger partial charge in [0.2, 0.25) is 5.91 Å². The minimum Gasteiger partial charge on any atom is -0.369 e. The van der Waals surface area contributed by atoms with Gasteiger partial charge in [0.1, 0.15) is 0 Å². The van der Waals surface area contributed by atoms with Crippen molar-refractivity contribution in [2.45, 2.75) is 18.9 Å². The zero-order valence-corrected chi connectivity index (χ0v) is 5.79. The first kappa shape index (κ1) is 7.28. The molecular weight excluding hydrogens is 128 g/mol. The van der Waals surface area contributed by atoms with Gasteiger partial charge in [0, 0.05) is 12.0 Å². The molecule has 1 amide bonds. The van der Waals surface area contributed by atoms with Crippen LogP contribution in [-0.2, 0) is 4.79 Å². The van der Waals surface area contributed by atoms with E-state index < -0.39 is 0 Å². The Morgan fingerprint density at radius 3 is 2.70 bits per heavy atom. The van der Waals surface area contributed by atoms with Gasteiger partial charge in [-0.25, -0.2) is 0 Å². The fourth-order valence-corrected chi connectivity index (χ4v) is 1.15. The smallest absolute Gasteiger partial charge is 0.220 e. The molecule has 1 aliphatic rings. The largest absolute Gasteiger partial charge is 0.369 e. The molecule has 0 aromatic rings. The van der Waals surface area contributed by atoms with Crippen LogP contribution in [0.4, 0.5) is 0 Å². The molecule has 0 aliphatic heterocycles. The summed E-state index contributed by atoms with van der Waals surface area (Å²) in [6.45, 7) is 0. The molecule has 1 aliphatic carbocycles. The molecule has 0 radical (unpaired) electrons. The predicted molar refractivity (Wildman–Crippen MR) is 39.0 cm³/mol. The van der Waals surface area contributed by atoms with Crippen molar-refractivity contribution in [1.82, 2.24) is 0 Å². The highest BCUT2D eigenvalue weighted by atomic mass is 16.1. The van der Waals surface area contributed by atoms with Crippen molar-refractivity contribution >= 4 is 5.91 Å². The summed E-state index contributed by atoms with van der Waals surface area (Å²) < 4.78 is 0. The molecule has 0 bridgehead atoms. The molecule has 0 spiro atoms. The van der Waals surface area contributed by atoms with Gasteiger partial charge < -0.3 is 11.5 Å². The van der Waals surface area contributed by atoms with Gasteiger partial charge in [0.25, 0.3) is 0 Å². The van der Waals surface area contributed by atoms with E-state index in [9.17, 15) is 4.79 Å². The van der Waals surface area contributed by atoms with Crippen molar-refractivity contribution in [3.63, 3.8) is 0 Å². The van der Waals surface area contributed by atoms with Crippen molar-refractivity contribution in [1.29, 1.82) is 0 Å². The number of allylic oxidation sites excluding steroid dienone is 1. The highest BCUT2D eigenvalue weighted by molar-refractivity contribution is 5.77. The van der Waals surface area contributed by atoms with Crippen LogP contribution in [0.3, 0.4) is 0 Å². The van der Waals surface area contributed by atoms with Crippen LogP contribution in [0.1, 0.15) is 12.8 Å². The Bertz CT molecular complexity index is 165. The number of rotatable bonds is 1. The standard InChI is InChI=1S/C7H12N2O/c8-6-3-1-2-5(4-6)7(9)10/h1,3,5-6H,2,4,8H2,(H2,9,10)/t5-,6-/m1/s1. The summed E-state index contributed by atoms with van der Waals surface area (Å²) in [6, 6.07) is 0.0197. The van der Waals surface area contributed by atoms with Gasteiger partial charge in [-0.2, -0.15) is 0 Å².